The summed E-state index contributed by atoms with van der Waals surface area (Å²) >= 11 is 0. The van der Waals surface area contributed by atoms with Crippen molar-refractivity contribution in [3.05, 3.63) is 0 Å². The molecular weight excluding hydrogens is 203 g/mol. The maximum Gasteiger partial charge on any atom is 0.401 e. The Morgan fingerprint density at radius 1 is 1.13 bits per heavy atom. The van der Waals surface area contributed by atoms with E-state index in [0.29, 0.717) is 12.5 Å². The zero-order valence-corrected chi connectivity index (χ0v) is 9.66. The number of nitrogens with one attached hydrogen (secondary N) is 1. The molecule has 0 amide bonds. The van der Waals surface area contributed by atoms with Crippen molar-refractivity contribution < 1.29 is 13.2 Å². The topological polar surface area (TPSA) is 12.0 Å². The van der Waals surface area contributed by atoms with Gasteiger partial charge in [-0.15, -0.1) is 0 Å². The van der Waals surface area contributed by atoms with Crippen LogP contribution in [0.2, 0.25) is 0 Å². The molecule has 0 aromatic heterocycles. The molecule has 0 bridgehead atoms. The highest BCUT2D eigenvalue weighted by molar-refractivity contribution is 4.61. The Kier molecular flexibility index (Phi) is 7.83. The van der Waals surface area contributed by atoms with Crippen molar-refractivity contribution in [1.29, 1.82) is 0 Å². The van der Waals surface area contributed by atoms with E-state index in [-0.39, 0.29) is 0 Å². The van der Waals surface area contributed by atoms with Crippen LogP contribution in [0.1, 0.15) is 46.0 Å². The summed E-state index contributed by atoms with van der Waals surface area (Å²) in [5, 5.41) is 2.44. The van der Waals surface area contributed by atoms with E-state index in [1.807, 2.05) is 6.92 Å². The molecule has 0 spiro atoms. The maximum atomic E-state index is 11.8. The summed E-state index contributed by atoms with van der Waals surface area (Å²) in [4.78, 5) is 0. The van der Waals surface area contributed by atoms with Crippen LogP contribution < -0.4 is 5.32 Å². The number of unbranched alkanes of at least 4 members (excludes halogenated alkanes) is 3. The Morgan fingerprint density at radius 2 is 1.80 bits per heavy atom. The molecule has 0 radical (unpaired) electrons. The average Bonchev–Trinajstić information content (AvgIpc) is 2.10. The first-order chi connectivity index (χ1) is 6.95. The zero-order valence-electron chi connectivity index (χ0n) is 9.66. The van der Waals surface area contributed by atoms with Gasteiger partial charge < -0.3 is 5.32 Å². The third-order valence-electron chi connectivity index (χ3n) is 2.37. The van der Waals surface area contributed by atoms with Gasteiger partial charge >= 0.3 is 6.18 Å². The summed E-state index contributed by atoms with van der Waals surface area (Å²) in [7, 11) is 0. The van der Waals surface area contributed by atoms with Crippen LogP contribution in [0.25, 0.3) is 0 Å². The minimum atomic E-state index is -4.08. The van der Waals surface area contributed by atoms with E-state index in [1.165, 1.54) is 19.3 Å². The predicted octanol–water partition coefficient (Wildman–Crippen LogP) is 3.74. The first-order valence-electron chi connectivity index (χ1n) is 5.73. The quantitative estimate of drug-likeness (QED) is 0.620. The summed E-state index contributed by atoms with van der Waals surface area (Å²) in [6, 6.07) is 0. The molecule has 1 nitrogen and oxygen atoms in total. The number of alkyl halides is 3. The molecule has 0 saturated heterocycles. The monoisotopic (exact) mass is 225 g/mol. The van der Waals surface area contributed by atoms with Gasteiger partial charge in [-0.25, -0.2) is 0 Å². The van der Waals surface area contributed by atoms with E-state index < -0.39 is 12.7 Å². The van der Waals surface area contributed by atoms with Gasteiger partial charge in [0, 0.05) is 0 Å². The second-order valence-electron chi connectivity index (χ2n) is 4.20. The highest BCUT2D eigenvalue weighted by Crippen LogP contribution is 2.13. The molecule has 0 heterocycles. The molecule has 0 saturated carbocycles. The predicted molar refractivity (Wildman–Crippen MR) is 56.8 cm³/mol. The lowest BCUT2D eigenvalue weighted by molar-refractivity contribution is -0.125. The summed E-state index contributed by atoms with van der Waals surface area (Å²) in [6.45, 7) is 3.74. The number of halogens is 3. The lowest BCUT2D eigenvalue weighted by Gasteiger charge is -2.13. The second-order valence-corrected chi connectivity index (χ2v) is 4.20. The molecule has 92 valence electrons. The molecule has 15 heavy (non-hydrogen) atoms. The molecule has 0 aliphatic rings. The fourth-order valence-corrected chi connectivity index (χ4v) is 1.48. The van der Waals surface area contributed by atoms with Crippen LogP contribution in [0.5, 0.6) is 0 Å². The van der Waals surface area contributed by atoms with Gasteiger partial charge in [-0.1, -0.05) is 39.5 Å². The molecule has 1 N–H and O–H groups in total. The molecule has 1 unspecified atom stereocenters. The standard InChI is InChI=1S/C11H22F3N/c1-3-4-5-6-7-10(2)8-15-9-11(12,13)14/h10,15H,3-9H2,1-2H3. The van der Waals surface area contributed by atoms with Crippen LogP contribution in [0.15, 0.2) is 0 Å². The van der Waals surface area contributed by atoms with Crippen molar-refractivity contribution in [3.63, 3.8) is 0 Å². The van der Waals surface area contributed by atoms with Crippen LogP contribution in [0, 0.1) is 5.92 Å². The lowest BCUT2D eigenvalue weighted by Crippen LogP contribution is -2.31. The Labute approximate surface area is 90.4 Å². The van der Waals surface area contributed by atoms with Crippen LogP contribution in [-0.4, -0.2) is 19.3 Å². The Hall–Kier alpha value is -0.250. The van der Waals surface area contributed by atoms with Gasteiger partial charge in [0.2, 0.25) is 0 Å². The van der Waals surface area contributed by atoms with E-state index in [0.717, 1.165) is 12.8 Å². The molecule has 0 rings (SSSR count). The molecule has 0 aliphatic carbocycles. The normalized spacial score (nSPS) is 14.2. The lowest BCUT2D eigenvalue weighted by atomic mass is 10.0. The fourth-order valence-electron chi connectivity index (χ4n) is 1.48. The summed E-state index contributed by atoms with van der Waals surface area (Å²) < 4.78 is 35.4. The SMILES string of the molecule is CCCCCCC(C)CNCC(F)(F)F. The molecular formula is C11H22F3N. The number of hydrogen-bond acceptors (Lipinski definition) is 1. The Morgan fingerprint density at radius 3 is 2.33 bits per heavy atom. The number of rotatable bonds is 8. The van der Waals surface area contributed by atoms with Gasteiger partial charge in [0.1, 0.15) is 0 Å². The van der Waals surface area contributed by atoms with E-state index in [9.17, 15) is 13.2 Å². The summed E-state index contributed by atoms with van der Waals surface area (Å²) in [5.74, 6) is 0.337. The Balaban J connectivity index is 3.29. The smallest absolute Gasteiger partial charge is 0.308 e. The van der Waals surface area contributed by atoms with Crippen LogP contribution >= 0.6 is 0 Å². The highest BCUT2D eigenvalue weighted by Gasteiger charge is 2.26. The molecule has 4 heteroatoms. The van der Waals surface area contributed by atoms with Crippen LogP contribution in [-0.2, 0) is 0 Å². The van der Waals surface area contributed by atoms with E-state index >= 15 is 0 Å². The van der Waals surface area contributed by atoms with Crippen molar-refractivity contribution in [3.8, 4) is 0 Å². The maximum absolute atomic E-state index is 11.8. The molecule has 0 aromatic carbocycles. The Bertz CT molecular complexity index is 145. The third-order valence-corrected chi connectivity index (χ3v) is 2.37. The van der Waals surface area contributed by atoms with E-state index in [4.69, 9.17) is 0 Å². The average molecular weight is 225 g/mol. The van der Waals surface area contributed by atoms with Gasteiger partial charge in [0.15, 0.2) is 0 Å². The third kappa shape index (κ3) is 11.7. The van der Waals surface area contributed by atoms with Crippen molar-refractivity contribution >= 4 is 0 Å². The zero-order chi connectivity index (χ0) is 11.7. The largest absolute Gasteiger partial charge is 0.401 e. The van der Waals surface area contributed by atoms with Crippen molar-refractivity contribution in [2.75, 3.05) is 13.1 Å². The van der Waals surface area contributed by atoms with Gasteiger partial charge in [0.25, 0.3) is 0 Å². The van der Waals surface area contributed by atoms with Crippen LogP contribution in [0.4, 0.5) is 13.2 Å². The van der Waals surface area contributed by atoms with E-state index in [1.54, 1.807) is 0 Å². The van der Waals surface area contributed by atoms with E-state index in [2.05, 4.69) is 12.2 Å². The first-order valence-corrected chi connectivity index (χ1v) is 5.73. The van der Waals surface area contributed by atoms with Crippen molar-refractivity contribution in [2.24, 2.45) is 5.92 Å². The van der Waals surface area contributed by atoms with Crippen molar-refractivity contribution in [2.45, 2.75) is 52.1 Å². The van der Waals surface area contributed by atoms with Crippen LogP contribution in [0.3, 0.4) is 0 Å². The van der Waals surface area contributed by atoms with Gasteiger partial charge in [0.05, 0.1) is 6.54 Å². The second kappa shape index (κ2) is 7.97. The fraction of sp³-hybridized carbons (Fsp3) is 1.00. The van der Waals surface area contributed by atoms with Gasteiger partial charge in [-0.05, 0) is 18.9 Å². The first kappa shape index (κ1) is 14.8. The summed E-state index contributed by atoms with van der Waals surface area (Å²) in [5.41, 5.74) is 0. The molecule has 0 aromatic rings. The van der Waals surface area contributed by atoms with Crippen molar-refractivity contribution in [1.82, 2.24) is 5.32 Å². The van der Waals surface area contributed by atoms with Gasteiger partial charge in [-0.3, -0.25) is 0 Å². The molecule has 0 aliphatic heterocycles. The number of hydrogen-bond donors (Lipinski definition) is 1. The minimum Gasteiger partial charge on any atom is -0.308 e. The summed E-state index contributed by atoms with van der Waals surface area (Å²) in [6.07, 6.45) is 1.68. The highest BCUT2D eigenvalue weighted by atomic mass is 19.4. The molecule has 0 fully saturated rings. The van der Waals surface area contributed by atoms with Gasteiger partial charge in [-0.2, -0.15) is 13.2 Å². The molecule has 1 atom stereocenters. The minimum absolute atomic E-state index is 0.337.